The monoisotopic (exact) mass is 224 g/mol. The molecule has 0 aromatic rings. The number of aliphatic hydroxyl groups is 2. The number of hydrogen-bond donors (Lipinski definition) is 2. The van der Waals surface area contributed by atoms with Crippen LogP contribution in [0.4, 0.5) is 0 Å². The molecular weight excluding hydrogens is 216 g/mol. The first-order valence-corrected chi connectivity index (χ1v) is 2.66. The van der Waals surface area contributed by atoms with Crippen LogP contribution in [0.15, 0.2) is 0 Å². The largest absolute Gasteiger partial charge is 2.00 e. The predicted octanol–water partition coefficient (Wildman–Crippen LogP) is -1.50. The van der Waals surface area contributed by atoms with Gasteiger partial charge in [0.1, 0.15) is 0 Å². The van der Waals surface area contributed by atoms with Gasteiger partial charge in [-0.15, -0.1) is 0 Å². The Labute approximate surface area is 94.1 Å². The van der Waals surface area contributed by atoms with Gasteiger partial charge in [0.25, 0.3) is 0 Å². The Morgan fingerprint density at radius 3 is 1.21 bits per heavy atom. The molecule has 0 fully saturated rings. The van der Waals surface area contributed by atoms with Crippen LogP contribution in [0, 0.1) is 30.6 Å². The first kappa shape index (κ1) is 23.2. The fraction of sp³-hybridized carbons (Fsp3) is 1.00. The maximum absolute atomic E-state index is 8.25. The third-order valence-electron chi connectivity index (χ3n) is 0.264. The van der Waals surface area contributed by atoms with Crippen molar-refractivity contribution in [2.45, 2.75) is 13.0 Å². The van der Waals surface area contributed by atoms with Crippen molar-refractivity contribution in [3.8, 4) is 0 Å². The van der Waals surface area contributed by atoms with E-state index < -0.39 is 16.3 Å². The van der Waals surface area contributed by atoms with E-state index in [1.54, 1.807) is 0 Å². The first-order valence-electron chi connectivity index (χ1n) is 2.66. The standard InChI is InChI=1S/C3H8O2.Mg.2NO3/c1-3(5)2-4;;2*2-1(3)4/h3-5H,2H2,1H3;;;/q;+2;2*-1. The molecule has 2 N–H and O–H groups in total. The van der Waals surface area contributed by atoms with Gasteiger partial charge in [-0.1, -0.05) is 0 Å². The minimum absolute atomic E-state index is 0. The molecule has 11 heteroatoms. The normalized spacial score (nSPS) is 8.79. The topological polar surface area (TPSA) is 173 Å². The van der Waals surface area contributed by atoms with Crippen LogP contribution < -0.4 is 0 Å². The van der Waals surface area contributed by atoms with E-state index in [2.05, 4.69) is 0 Å². The molecule has 0 amide bonds. The minimum atomic E-state index is -1.75. The second kappa shape index (κ2) is 18.0. The Balaban J connectivity index is -0.0000000522. The summed E-state index contributed by atoms with van der Waals surface area (Å²) in [5.41, 5.74) is 0. The number of hydrogen-bond acceptors (Lipinski definition) is 8. The van der Waals surface area contributed by atoms with E-state index in [1.807, 2.05) is 0 Å². The summed E-state index contributed by atoms with van der Waals surface area (Å²) >= 11 is 0. The molecule has 0 aliphatic carbocycles. The van der Waals surface area contributed by atoms with Crippen molar-refractivity contribution < 1.29 is 20.4 Å². The average molecular weight is 224 g/mol. The summed E-state index contributed by atoms with van der Waals surface area (Å²) in [4.78, 5) is 16.5. The first-order chi connectivity index (χ1) is 5.73. The van der Waals surface area contributed by atoms with Crippen molar-refractivity contribution in [2.24, 2.45) is 0 Å². The predicted molar refractivity (Wildman–Crippen MR) is 45.2 cm³/mol. The molecule has 0 spiro atoms. The van der Waals surface area contributed by atoms with Crippen LogP contribution in [0.1, 0.15) is 6.92 Å². The molecule has 0 bridgehead atoms. The summed E-state index contributed by atoms with van der Waals surface area (Å²) in [5.74, 6) is 0. The van der Waals surface area contributed by atoms with Crippen LogP contribution in [0.3, 0.4) is 0 Å². The van der Waals surface area contributed by atoms with Crippen LogP contribution in [0.25, 0.3) is 0 Å². The van der Waals surface area contributed by atoms with E-state index in [0.717, 1.165) is 0 Å². The molecule has 14 heavy (non-hydrogen) atoms. The second-order valence-electron chi connectivity index (χ2n) is 1.48. The van der Waals surface area contributed by atoms with Gasteiger partial charge in [-0.05, 0) is 6.92 Å². The van der Waals surface area contributed by atoms with E-state index in [-0.39, 0.29) is 29.7 Å². The van der Waals surface area contributed by atoms with E-state index >= 15 is 0 Å². The second-order valence-corrected chi connectivity index (χ2v) is 1.48. The molecule has 10 nitrogen and oxygen atoms in total. The van der Waals surface area contributed by atoms with Crippen molar-refractivity contribution in [3.63, 3.8) is 0 Å². The fourth-order valence-electron chi connectivity index (χ4n) is 0. The molecule has 0 saturated heterocycles. The zero-order chi connectivity index (χ0) is 11.4. The molecule has 0 aromatic carbocycles. The van der Waals surface area contributed by atoms with E-state index in [1.165, 1.54) is 6.92 Å². The van der Waals surface area contributed by atoms with Crippen LogP contribution in [0.5, 0.6) is 0 Å². The van der Waals surface area contributed by atoms with Crippen LogP contribution >= 0.6 is 0 Å². The summed E-state index contributed by atoms with van der Waals surface area (Å²) < 4.78 is 0. The van der Waals surface area contributed by atoms with Gasteiger partial charge in [0, 0.05) is 0 Å². The molecule has 0 aliphatic rings. The van der Waals surface area contributed by atoms with Gasteiger partial charge >= 0.3 is 23.1 Å². The molecule has 1 atom stereocenters. The Kier molecular flexibility index (Phi) is 29.8. The van der Waals surface area contributed by atoms with E-state index in [4.69, 9.17) is 40.9 Å². The van der Waals surface area contributed by atoms with Crippen LogP contribution in [-0.2, 0) is 0 Å². The van der Waals surface area contributed by atoms with Crippen LogP contribution in [0.2, 0.25) is 0 Å². The summed E-state index contributed by atoms with van der Waals surface area (Å²) in [5, 5.41) is 45.5. The fourth-order valence-corrected chi connectivity index (χ4v) is 0. The molecule has 0 aliphatic heterocycles. The number of nitrogens with zero attached hydrogens (tertiary/aromatic N) is 2. The quantitative estimate of drug-likeness (QED) is 0.307. The smallest absolute Gasteiger partial charge is 0.394 e. The van der Waals surface area contributed by atoms with Gasteiger partial charge in [0.2, 0.25) is 0 Å². The van der Waals surface area contributed by atoms with Gasteiger partial charge < -0.3 is 40.9 Å². The van der Waals surface area contributed by atoms with Gasteiger partial charge in [0.15, 0.2) is 0 Å². The third kappa shape index (κ3) is 956. The van der Waals surface area contributed by atoms with Gasteiger partial charge in [-0.3, -0.25) is 0 Å². The van der Waals surface area contributed by atoms with Crippen molar-refractivity contribution in [1.29, 1.82) is 0 Å². The van der Waals surface area contributed by atoms with E-state index in [0.29, 0.717) is 0 Å². The molecule has 0 rings (SSSR count). The molecule has 80 valence electrons. The number of aliphatic hydroxyl groups excluding tert-OH is 2. The summed E-state index contributed by atoms with van der Waals surface area (Å²) in [6.07, 6.45) is -0.560. The Bertz CT molecular complexity index is 121. The Hall–Kier alpha value is -0.914. The Morgan fingerprint density at radius 2 is 1.21 bits per heavy atom. The minimum Gasteiger partial charge on any atom is -0.394 e. The molecule has 1 unspecified atom stereocenters. The van der Waals surface area contributed by atoms with E-state index in [9.17, 15) is 0 Å². The van der Waals surface area contributed by atoms with Crippen molar-refractivity contribution in [2.75, 3.05) is 6.61 Å². The summed E-state index contributed by atoms with van der Waals surface area (Å²) in [6, 6.07) is 0. The summed E-state index contributed by atoms with van der Waals surface area (Å²) in [7, 11) is 0. The molecule has 0 radical (unpaired) electrons. The molecule has 0 aromatic heterocycles. The molecule has 0 saturated carbocycles. The van der Waals surface area contributed by atoms with Gasteiger partial charge in [0.05, 0.1) is 22.9 Å². The summed E-state index contributed by atoms with van der Waals surface area (Å²) in [6.45, 7) is 1.39. The molecular formula is C3H8MgN2O8. The maximum Gasteiger partial charge on any atom is 2.00 e. The third-order valence-corrected chi connectivity index (χ3v) is 0.264. The van der Waals surface area contributed by atoms with Gasteiger partial charge in [-0.2, -0.15) is 0 Å². The SMILES string of the molecule is CC(O)CO.O=[N+]([O-])[O-].O=[N+]([O-])[O-].[Mg+2]. The number of rotatable bonds is 1. The maximum atomic E-state index is 8.25. The van der Waals surface area contributed by atoms with Crippen molar-refractivity contribution >= 4 is 23.1 Å². The zero-order valence-electron chi connectivity index (χ0n) is 7.23. The van der Waals surface area contributed by atoms with Crippen molar-refractivity contribution in [3.05, 3.63) is 30.6 Å². The van der Waals surface area contributed by atoms with Crippen LogP contribution in [-0.4, -0.2) is 56.1 Å². The van der Waals surface area contributed by atoms with Gasteiger partial charge in [-0.25, -0.2) is 0 Å². The Morgan fingerprint density at radius 1 is 1.14 bits per heavy atom. The molecule has 0 heterocycles. The average Bonchev–Trinajstić information content (AvgIpc) is 1.84. The van der Waals surface area contributed by atoms with Crippen molar-refractivity contribution in [1.82, 2.24) is 0 Å². The zero-order valence-corrected chi connectivity index (χ0v) is 8.64.